The minimum absolute atomic E-state index is 0.214. The van der Waals surface area contributed by atoms with Crippen LogP contribution >= 0.6 is 15.9 Å². The standard InChI is InChI=1S/C18H21BrO/c1-11-6-7-16(12(2)8-11)17(19)15-9-13(3)18(20-5)14(4)10-15/h6-10,17H,1-5H3. The van der Waals surface area contributed by atoms with E-state index in [1.807, 2.05) is 0 Å². The van der Waals surface area contributed by atoms with Crippen LogP contribution < -0.4 is 4.74 Å². The van der Waals surface area contributed by atoms with Crippen molar-refractivity contribution < 1.29 is 4.74 Å². The Bertz CT molecular complexity index is 608. The molecule has 0 saturated carbocycles. The van der Waals surface area contributed by atoms with E-state index in [0.29, 0.717) is 0 Å². The van der Waals surface area contributed by atoms with E-state index in [-0.39, 0.29) is 4.83 Å². The molecule has 2 aromatic rings. The molecule has 0 fully saturated rings. The minimum atomic E-state index is 0.214. The van der Waals surface area contributed by atoms with Crippen LogP contribution in [-0.2, 0) is 0 Å². The predicted molar refractivity (Wildman–Crippen MR) is 89.2 cm³/mol. The number of benzene rings is 2. The molecule has 0 aliphatic heterocycles. The average molecular weight is 333 g/mol. The Morgan fingerprint density at radius 2 is 1.50 bits per heavy atom. The van der Waals surface area contributed by atoms with Gasteiger partial charge in [0, 0.05) is 0 Å². The molecule has 2 rings (SSSR count). The number of methoxy groups -OCH3 is 1. The molecule has 0 aliphatic rings. The van der Waals surface area contributed by atoms with Gasteiger partial charge >= 0.3 is 0 Å². The first-order valence-corrected chi connectivity index (χ1v) is 7.72. The molecular weight excluding hydrogens is 312 g/mol. The molecule has 0 radical (unpaired) electrons. The van der Waals surface area contributed by atoms with Crippen molar-refractivity contribution in [2.45, 2.75) is 32.5 Å². The third-order valence-electron chi connectivity index (χ3n) is 3.68. The van der Waals surface area contributed by atoms with E-state index in [9.17, 15) is 0 Å². The topological polar surface area (TPSA) is 9.23 Å². The maximum absolute atomic E-state index is 5.44. The van der Waals surface area contributed by atoms with Gasteiger partial charge in [0.1, 0.15) is 5.75 Å². The highest BCUT2D eigenvalue weighted by molar-refractivity contribution is 9.09. The number of rotatable bonds is 3. The van der Waals surface area contributed by atoms with Crippen molar-refractivity contribution in [2.24, 2.45) is 0 Å². The molecule has 0 aliphatic carbocycles. The molecule has 0 aromatic heterocycles. The van der Waals surface area contributed by atoms with E-state index >= 15 is 0 Å². The van der Waals surface area contributed by atoms with Gasteiger partial charge < -0.3 is 4.74 Å². The Balaban J connectivity index is 2.45. The second-order valence-electron chi connectivity index (χ2n) is 5.41. The van der Waals surface area contributed by atoms with Gasteiger partial charge in [0.05, 0.1) is 11.9 Å². The zero-order chi connectivity index (χ0) is 14.9. The molecule has 2 aromatic carbocycles. The summed E-state index contributed by atoms with van der Waals surface area (Å²) in [6.07, 6.45) is 0. The lowest BCUT2D eigenvalue weighted by molar-refractivity contribution is 0.408. The normalized spacial score (nSPS) is 12.3. The summed E-state index contributed by atoms with van der Waals surface area (Å²) in [5, 5.41) is 0. The van der Waals surface area contributed by atoms with Crippen molar-refractivity contribution in [3.8, 4) is 5.75 Å². The summed E-state index contributed by atoms with van der Waals surface area (Å²) < 4.78 is 5.44. The van der Waals surface area contributed by atoms with Crippen LogP contribution in [0.1, 0.15) is 38.2 Å². The smallest absolute Gasteiger partial charge is 0.124 e. The number of alkyl halides is 1. The number of hydrogen-bond donors (Lipinski definition) is 0. The van der Waals surface area contributed by atoms with E-state index < -0.39 is 0 Å². The van der Waals surface area contributed by atoms with Crippen molar-refractivity contribution in [2.75, 3.05) is 7.11 Å². The van der Waals surface area contributed by atoms with Gasteiger partial charge in [0.15, 0.2) is 0 Å². The lowest BCUT2D eigenvalue weighted by Crippen LogP contribution is -1.99. The van der Waals surface area contributed by atoms with Crippen LogP contribution in [0.15, 0.2) is 30.3 Å². The second-order valence-corrected chi connectivity index (χ2v) is 6.33. The van der Waals surface area contributed by atoms with Gasteiger partial charge in [-0.3, -0.25) is 0 Å². The second kappa shape index (κ2) is 6.01. The Morgan fingerprint density at radius 3 is 2.00 bits per heavy atom. The van der Waals surface area contributed by atoms with Crippen LogP contribution in [-0.4, -0.2) is 7.11 Å². The largest absolute Gasteiger partial charge is 0.496 e. The SMILES string of the molecule is COc1c(C)cc(C(Br)c2ccc(C)cc2C)cc1C. The van der Waals surface area contributed by atoms with E-state index in [0.717, 1.165) is 5.75 Å². The van der Waals surface area contributed by atoms with E-state index in [4.69, 9.17) is 4.74 Å². The summed E-state index contributed by atoms with van der Waals surface area (Å²) in [6, 6.07) is 11.0. The molecule has 1 unspecified atom stereocenters. The van der Waals surface area contributed by atoms with Gasteiger partial charge in [-0.05, 0) is 55.5 Å². The molecule has 0 N–H and O–H groups in total. The van der Waals surface area contributed by atoms with Gasteiger partial charge in [-0.15, -0.1) is 0 Å². The average Bonchev–Trinajstić information content (AvgIpc) is 2.37. The molecule has 0 amide bonds. The predicted octanol–water partition coefficient (Wildman–Crippen LogP) is 5.41. The quantitative estimate of drug-likeness (QED) is 0.682. The summed E-state index contributed by atoms with van der Waals surface area (Å²) in [7, 11) is 1.73. The fourth-order valence-electron chi connectivity index (χ4n) is 2.74. The summed E-state index contributed by atoms with van der Waals surface area (Å²) >= 11 is 3.84. The number of ether oxygens (including phenoxy) is 1. The fraction of sp³-hybridized carbons (Fsp3) is 0.333. The van der Waals surface area contributed by atoms with Gasteiger partial charge in [0.2, 0.25) is 0 Å². The van der Waals surface area contributed by atoms with Crippen molar-refractivity contribution in [3.63, 3.8) is 0 Å². The monoisotopic (exact) mass is 332 g/mol. The lowest BCUT2D eigenvalue weighted by atomic mass is 9.96. The molecule has 106 valence electrons. The zero-order valence-corrected chi connectivity index (χ0v) is 14.3. The Morgan fingerprint density at radius 1 is 0.900 bits per heavy atom. The highest BCUT2D eigenvalue weighted by atomic mass is 79.9. The van der Waals surface area contributed by atoms with Crippen LogP contribution in [0.3, 0.4) is 0 Å². The summed E-state index contributed by atoms with van der Waals surface area (Å²) in [5.41, 5.74) is 7.56. The van der Waals surface area contributed by atoms with Crippen LogP contribution in [0.2, 0.25) is 0 Å². The minimum Gasteiger partial charge on any atom is -0.496 e. The van der Waals surface area contributed by atoms with E-state index in [1.54, 1.807) is 7.11 Å². The van der Waals surface area contributed by atoms with Crippen molar-refractivity contribution in [3.05, 3.63) is 63.7 Å². The Hall–Kier alpha value is -1.28. The van der Waals surface area contributed by atoms with Crippen LogP contribution in [0, 0.1) is 27.7 Å². The van der Waals surface area contributed by atoms with Crippen molar-refractivity contribution >= 4 is 15.9 Å². The van der Waals surface area contributed by atoms with Crippen molar-refractivity contribution in [1.82, 2.24) is 0 Å². The maximum Gasteiger partial charge on any atom is 0.124 e. The first-order valence-electron chi connectivity index (χ1n) is 6.80. The van der Waals surface area contributed by atoms with Gasteiger partial charge in [-0.2, -0.15) is 0 Å². The molecule has 0 spiro atoms. The number of halogens is 1. The fourth-order valence-corrected chi connectivity index (χ4v) is 3.52. The molecule has 0 saturated heterocycles. The Labute approximate surface area is 130 Å². The van der Waals surface area contributed by atoms with Gasteiger partial charge in [-0.1, -0.05) is 51.8 Å². The summed E-state index contributed by atoms with van der Waals surface area (Å²) in [5.74, 6) is 0.981. The molecule has 1 nitrogen and oxygen atoms in total. The lowest BCUT2D eigenvalue weighted by Gasteiger charge is -2.17. The molecular formula is C18H21BrO. The molecule has 20 heavy (non-hydrogen) atoms. The molecule has 0 heterocycles. The highest BCUT2D eigenvalue weighted by Gasteiger charge is 2.15. The zero-order valence-electron chi connectivity index (χ0n) is 12.8. The van der Waals surface area contributed by atoms with E-state index in [1.165, 1.54) is 33.4 Å². The van der Waals surface area contributed by atoms with Crippen LogP contribution in [0.25, 0.3) is 0 Å². The van der Waals surface area contributed by atoms with Crippen LogP contribution in [0.4, 0.5) is 0 Å². The highest BCUT2D eigenvalue weighted by Crippen LogP contribution is 2.36. The summed E-state index contributed by atoms with van der Waals surface area (Å²) in [6.45, 7) is 8.48. The third-order valence-corrected chi connectivity index (χ3v) is 4.70. The Kier molecular flexibility index (Phi) is 4.54. The summed E-state index contributed by atoms with van der Waals surface area (Å²) in [4.78, 5) is 0.214. The van der Waals surface area contributed by atoms with Crippen molar-refractivity contribution in [1.29, 1.82) is 0 Å². The van der Waals surface area contributed by atoms with E-state index in [2.05, 4.69) is 74.0 Å². The first-order chi connectivity index (χ1) is 9.43. The number of aryl methyl sites for hydroxylation is 4. The van der Waals surface area contributed by atoms with Gasteiger partial charge in [-0.25, -0.2) is 0 Å². The van der Waals surface area contributed by atoms with Crippen LogP contribution in [0.5, 0.6) is 5.75 Å². The third kappa shape index (κ3) is 2.90. The molecule has 1 atom stereocenters. The number of hydrogen-bond acceptors (Lipinski definition) is 1. The molecule has 2 heteroatoms. The maximum atomic E-state index is 5.44. The molecule has 0 bridgehead atoms. The van der Waals surface area contributed by atoms with Gasteiger partial charge in [0.25, 0.3) is 0 Å². The first kappa shape index (κ1) is 15.1.